The van der Waals surface area contributed by atoms with Crippen LogP contribution >= 0.6 is 0 Å². The maximum atomic E-state index is 13.1. The number of ether oxygens (including phenoxy) is 2. The van der Waals surface area contributed by atoms with Crippen molar-refractivity contribution in [3.05, 3.63) is 29.7 Å². The molecule has 2 aromatic heterocycles. The van der Waals surface area contributed by atoms with Crippen LogP contribution in [0.15, 0.2) is 18.3 Å². The molecule has 0 aromatic carbocycles. The summed E-state index contributed by atoms with van der Waals surface area (Å²) in [5.74, 6) is 1.02. The Kier molecular flexibility index (Phi) is 6.15. The highest BCUT2D eigenvalue weighted by atomic mass is 16.6. The van der Waals surface area contributed by atoms with Gasteiger partial charge >= 0.3 is 6.09 Å². The zero-order chi connectivity index (χ0) is 21.2. The molecular formula is C22H31N3O4. The second kappa shape index (κ2) is 8.43. The molecule has 7 nitrogen and oxygen atoms in total. The van der Waals surface area contributed by atoms with Crippen molar-refractivity contribution in [1.29, 1.82) is 0 Å². The van der Waals surface area contributed by atoms with Crippen LogP contribution in [0.3, 0.4) is 0 Å². The lowest BCUT2D eigenvalue weighted by Crippen LogP contribution is -2.42. The van der Waals surface area contributed by atoms with Crippen molar-refractivity contribution in [1.82, 2.24) is 14.3 Å². The Labute approximate surface area is 172 Å². The number of hydrogen-bond donors (Lipinski definition) is 0. The fourth-order valence-electron chi connectivity index (χ4n) is 3.77. The van der Waals surface area contributed by atoms with Gasteiger partial charge in [0.05, 0.1) is 12.3 Å². The van der Waals surface area contributed by atoms with E-state index in [9.17, 15) is 9.59 Å². The molecule has 29 heavy (non-hydrogen) atoms. The smallest absolute Gasteiger partial charge is 0.410 e. The van der Waals surface area contributed by atoms with E-state index in [2.05, 4.69) is 4.98 Å². The van der Waals surface area contributed by atoms with E-state index < -0.39 is 5.60 Å². The summed E-state index contributed by atoms with van der Waals surface area (Å²) < 4.78 is 12.9. The first-order chi connectivity index (χ1) is 13.7. The van der Waals surface area contributed by atoms with Gasteiger partial charge in [-0.3, -0.25) is 9.20 Å². The molecule has 0 N–H and O–H groups in total. The van der Waals surface area contributed by atoms with Crippen molar-refractivity contribution in [3.63, 3.8) is 0 Å². The summed E-state index contributed by atoms with van der Waals surface area (Å²) in [5.41, 5.74) is 1.52. The zero-order valence-electron chi connectivity index (χ0n) is 18.0. The molecule has 0 aliphatic carbocycles. The standard InChI is InChI=1S/C22H31N3O4/c1-6-28-18-8-7-11-25-19(15(2)23-20(18)25)17(26)14-16-9-12-24(13-10-16)21(27)29-22(3,4)5/h7-8,11,16H,6,9-10,12-14H2,1-5H3. The van der Waals surface area contributed by atoms with E-state index in [-0.39, 0.29) is 17.8 Å². The van der Waals surface area contributed by atoms with Gasteiger partial charge < -0.3 is 14.4 Å². The summed E-state index contributed by atoms with van der Waals surface area (Å²) in [6.07, 6.45) is 3.63. The summed E-state index contributed by atoms with van der Waals surface area (Å²) in [7, 11) is 0. The number of pyridine rings is 1. The van der Waals surface area contributed by atoms with E-state index in [1.54, 1.807) is 4.90 Å². The number of nitrogens with zero attached hydrogens (tertiary/aromatic N) is 3. The molecule has 3 heterocycles. The van der Waals surface area contributed by atoms with Crippen molar-refractivity contribution in [2.75, 3.05) is 19.7 Å². The first-order valence-electron chi connectivity index (χ1n) is 10.3. The molecule has 2 aromatic rings. The largest absolute Gasteiger partial charge is 0.490 e. The minimum Gasteiger partial charge on any atom is -0.490 e. The zero-order valence-corrected chi connectivity index (χ0v) is 18.0. The predicted octanol–water partition coefficient (Wildman–Crippen LogP) is 4.26. The molecule has 1 aliphatic heterocycles. The van der Waals surface area contributed by atoms with Gasteiger partial charge in [0.1, 0.15) is 11.3 Å². The molecule has 0 atom stereocenters. The highest BCUT2D eigenvalue weighted by Crippen LogP contribution is 2.27. The number of ketones is 1. The third-order valence-electron chi connectivity index (χ3n) is 5.09. The number of aromatic nitrogens is 2. The van der Waals surface area contributed by atoms with Gasteiger partial charge in [-0.05, 0) is 65.5 Å². The number of likely N-dealkylation sites (tertiary alicyclic amines) is 1. The number of carbonyl (C=O) groups is 2. The minimum atomic E-state index is -0.495. The Morgan fingerprint density at radius 2 is 1.93 bits per heavy atom. The van der Waals surface area contributed by atoms with Crippen LogP contribution in [0.1, 0.15) is 63.1 Å². The molecular weight excluding hydrogens is 370 g/mol. The number of amides is 1. The monoisotopic (exact) mass is 401 g/mol. The summed E-state index contributed by atoms with van der Waals surface area (Å²) >= 11 is 0. The second-order valence-electron chi connectivity index (χ2n) is 8.58. The number of fused-ring (bicyclic) bond motifs is 1. The Morgan fingerprint density at radius 1 is 1.24 bits per heavy atom. The molecule has 3 rings (SSSR count). The van der Waals surface area contributed by atoms with Crippen molar-refractivity contribution < 1.29 is 19.1 Å². The molecule has 1 amide bonds. The number of piperidine rings is 1. The van der Waals surface area contributed by atoms with Gasteiger partial charge in [-0.1, -0.05) is 0 Å². The quantitative estimate of drug-likeness (QED) is 0.700. The molecule has 0 saturated carbocycles. The van der Waals surface area contributed by atoms with Gasteiger partial charge in [-0.2, -0.15) is 0 Å². The number of Topliss-reactive ketones (excluding diaryl/α,β-unsaturated/α-hetero) is 1. The van der Waals surface area contributed by atoms with Crippen LogP contribution in [0.4, 0.5) is 4.79 Å². The molecule has 0 unspecified atom stereocenters. The van der Waals surface area contributed by atoms with Gasteiger partial charge in [0.2, 0.25) is 0 Å². The SMILES string of the molecule is CCOc1cccn2c(C(=O)CC3CCN(C(=O)OC(C)(C)C)CC3)c(C)nc12. The van der Waals surface area contributed by atoms with Gasteiger partial charge in [0, 0.05) is 25.7 Å². The first kappa shape index (κ1) is 21.1. The van der Waals surface area contributed by atoms with E-state index in [1.807, 2.05) is 57.3 Å². The first-order valence-corrected chi connectivity index (χ1v) is 10.3. The average molecular weight is 402 g/mol. The van der Waals surface area contributed by atoms with Gasteiger partial charge in [0.15, 0.2) is 17.2 Å². The lowest BCUT2D eigenvalue weighted by Gasteiger charge is -2.33. The second-order valence-corrected chi connectivity index (χ2v) is 8.58. The van der Waals surface area contributed by atoms with Crippen LogP contribution in [0.25, 0.3) is 5.65 Å². The van der Waals surface area contributed by atoms with Crippen molar-refractivity contribution >= 4 is 17.5 Å². The van der Waals surface area contributed by atoms with E-state index in [4.69, 9.17) is 9.47 Å². The van der Waals surface area contributed by atoms with Crippen LogP contribution in [0.2, 0.25) is 0 Å². The van der Waals surface area contributed by atoms with Crippen LogP contribution in [-0.4, -0.2) is 51.5 Å². The minimum absolute atomic E-state index is 0.0827. The molecule has 0 spiro atoms. The summed E-state index contributed by atoms with van der Waals surface area (Å²) in [6.45, 7) is 11.2. The molecule has 1 saturated heterocycles. The number of imidazole rings is 1. The summed E-state index contributed by atoms with van der Waals surface area (Å²) in [6, 6.07) is 3.74. The molecule has 158 valence electrons. The molecule has 1 aliphatic rings. The van der Waals surface area contributed by atoms with Gasteiger partial charge in [0.25, 0.3) is 0 Å². The van der Waals surface area contributed by atoms with Crippen LogP contribution < -0.4 is 4.74 Å². The van der Waals surface area contributed by atoms with Crippen LogP contribution in [0.5, 0.6) is 5.75 Å². The number of carbonyl (C=O) groups excluding carboxylic acids is 2. The van der Waals surface area contributed by atoms with E-state index in [0.29, 0.717) is 48.9 Å². The van der Waals surface area contributed by atoms with E-state index in [1.165, 1.54) is 0 Å². The van der Waals surface area contributed by atoms with Crippen LogP contribution in [0, 0.1) is 12.8 Å². The highest BCUT2D eigenvalue weighted by Gasteiger charge is 2.29. The van der Waals surface area contributed by atoms with Crippen molar-refractivity contribution in [2.24, 2.45) is 5.92 Å². The highest BCUT2D eigenvalue weighted by molar-refractivity contribution is 5.96. The molecule has 0 bridgehead atoms. The average Bonchev–Trinajstić information content (AvgIpc) is 2.98. The molecule has 7 heteroatoms. The van der Waals surface area contributed by atoms with E-state index in [0.717, 1.165) is 12.8 Å². The molecule has 0 radical (unpaired) electrons. The Hall–Kier alpha value is -2.57. The van der Waals surface area contributed by atoms with Crippen molar-refractivity contribution in [2.45, 2.75) is 59.5 Å². The van der Waals surface area contributed by atoms with Crippen LogP contribution in [-0.2, 0) is 4.74 Å². The molecule has 1 fully saturated rings. The van der Waals surface area contributed by atoms with Gasteiger partial charge in [-0.15, -0.1) is 0 Å². The lowest BCUT2D eigenvalue weighted by molar-refractivity contribution is 0.0183. The summed E-state index contributed by atoms with van der Waals surface area (Å²) in [4.78, 5) is 31.6. The number of rotatable bonds is 5. The summed E-state index contributed by atoms with van der Waals surface area (Å²) in [5, 5.41) is 0. The fraction of sp³-hybridized carbons (Fsp3) is 0.591. The Morgan fingerprint density at radius 3 is 2.55 bits per heavy atom. The topological polar surface area (TPSA) is 73.1 Å². The predicted molar refractivity (Wildman–Crippen MR) is 111 cm³/mol. The Balaban J connectivity index is 1.66. The normalized spacial score (nSPS) is 15.6. The number of hydrogen-bond acceptors (Lipinski definition) is 5. The maximum absolute atomic E-state index is 13.1. The van der Waals surface area contributed by atoms with Crippen molar-refractivity contribution in [3.8, 4) is 5.75 Å². The van der Waals surface area contributed by atoms with E-state index >= 15 is 0 Å². The third-order valence-corrected chi connectivity index (χ3v) is 5.09. The fourth-order valence-corrected chi connectivity index (χ4v) is 3.77. The van der Waals surface area contributed by atoms with Gasteiger partial charge in [-0.25, -0.2) is 9.78 Å². The lowest BCUT2D eigenvalue weighted by atomic mass is 9.91. The Bertz CT molecular complexity index is 889. The maximum Gasteiger partial charge on any atom is 0.410 e. The third kappa shape index (κ3) is 4.89. The number of aryl methyl sites for hydroxylation is 1.